The lowest BCUT2D eigenvalue weighted by atomic mass is 10.3. The van der Waals surface area contributed by atoms with Gasteiger partial charge in [0.05, 0.1) is 19.5 Å². The fraction of sp³-hybridized carbons (Fsp3) is 0.500. The Labute approximate surface area is 93.8 Å². The van der Waals surface area contributed by atoms with Gasteiger partial charge in [-0.2, -0.15) is 0 Å². The molecule has 0 aliphatic heterocycles. The Morgan fingerprint density at radius 3 is 1.80 bits per heavy atom. The summed E-state index contributed by atoms with van der Waals surface area (Å²) >= 11 is 0. The third-order valence-electron chi connectivity index (χ3n) is 1.93. The summed E-state index contributed by atoms with van der Waals surface area (Å²) < 4.78 is 10.7. The first-order valence-electron chi connectivity index (χ1n) is 4.97. The second kappa shape index (κ2) is 4.85. The van der Waals surface area contributed by atoms with Crippen LogP contribution in [0.15, 0.2) is 18.2 Å². The Kier molecular flexibility index (Phi) is 3.98. The van der Waals surface area contributed by atoms with Gasteiger partial charge in [0.2, 0.25) is 0 Å². The highest BCUT2D eigenvalue weighted by atomic mass is 31.1. The van der Waals surface area contributed by atoms with E-state index in [0.717, 1.165) is 11.5 Å². The predicted octanol–water partition coefficient (Wildman–Crippen LogP) is 2.81. The van der Waals surface area contributed by atoms with E-state index in [1.165, 1.54) is 5.30 Å². The lowest BCUT2D eigenvalue weighted by Crippen LogP contribution is -2.15. The van der Waals surface area contributed by atoms with Crippen molar-refractivity contribution >= 4 is 13.9 Å². The van der Waals surface area contributed by atoms with Crippen molar-refractivity contribution in [1.29, 1.82) is 0 Å². The maximum absolute atomic E-state index is 5.36. The molecule has 1 unspecified atom stereocenters. The zero-order valence-corrected chi connectivity index (χ0v) is 11.0. The summed E-state index contributed by atoms with van der Waals surface area (Å²) in [6, 6.07) is 5.92. The van der Waals surface area contributed by atoms with Crippen LogP contribution in [0.4, 0.5) is 0 Å². The first-order valence-corrected chi connectivity index (χ1v) is 5.97. The highest BCUT2D eigenvalue weighted by molar-refractivity contribution is 7.49. The maximum Gasteiger partial charge on any atom is 0.129 e. The average molecular weight is 226 g/mol. The number of rotatable bonds is 3. The minimum atomic E-state index is 0.252. The molecule has 0 aromatic heterocycles. The minimum absolute atomic E-state index is 0.252. The van der Waals surface area contributed by atoms with Crippen molar-refractivity contribution in [2.24, 2.45) is 0 Å². The third kappa shape index (κ3) is 3.39. The Hall–Kier alpha value is -0.750. The van der Waals surface area contributed by atoms with E-state index >= 15 is 0 Å². The van der Waals surface area contributed by atoms with Crippen LogP contribution in [0.3, 0.4) is 0 Å². The van der Waals surface area contributed by atoms with Crippen molar-refractivity contribution in [3.63, 3.8) is 0 Å². The minimum Gasteiger partial charge on any atom is -0.496 e. The average Bonchev–Trinajstić information content (AvgIpc) is 2.16. The highest BCUT2D eigenvalue weighted by Gasteiger charge is 2.17. The monoisotopic (exact) mass is 226 g/mol. The smallest absolute Gasteiger partial charge is 0.129 e. The molecule has 2 nitrogen and oxygen atoms in total. The first-order chi connectivity index (χ1) is 6.98. The van der Waals surface area contributed by atoms with Crippen molar-refractivity contribution in [2.45, 2.75) is 25.9 Å². The summed E-state index contributed by atoms with van der Waals surface area (Å²) in [6.07, 6.45) is 0. The van der Waals surface area contributed by atoms with Crippen LogP contribution in [-0.4, -0.2) is 19.4 Å². The molecule has 0 fully saturated rings. The van der Waals surface area contributed by atoms with Gasteiger partial charge in [0.1, 0.15) is 11.5 Å². The Balaban J connectivity index is 3.11. The van der Waals surface area contributed by atoms with Gasteiger partial charge in [-0.15, -0.1) is 0 Å². The molecule has 1 atom stereocenters. The summed E-state index contributed by atoms with van der Waals surface area (Å²) in [4.78, 5) is 0. The van der Waals surface area contributed by atoms with Gasteiger partial charge in [0, 0.05) is 0 Å². The van der Waals surface area contributed by atoms with Gasteiger partial charge in [0.25, 0.3) is 0 Å². The van der Waals surface area contributed by atoms with Crippen molar-refractivity contribution in [2.75, 3.05) is 14.2 Å². The number of methoxy groups -OCH3 is 2. The molecule has 0 saturated carbocycles. The fourth-order valence-corrected chi connectivity index (χ4v) is 2.72. The molecule has 1 aromatic carbocycles. The van der Waals surface area contributed by atoms with Crippen molar-refractivity contribution in [1.82, 2.24) is 0 Å². The van der Waals surface area contributed by atoms with Gasteiger partial charge in [0.15, 0.2) is 0 Å². The molecular formula is C12H19O2P. The summed E-state index contributed by atoms with van der Waals surface area (Å²) in [5, 5.41) is 1.43. The van der Waals surface area contributed by atoms with Gasteiger partial charge in [-0.1, -0.05) is 35.4 Å². The lowest BCUT2D eigenvalue weighted by Gasteiger charge is -2.21. The Bertz CT molecular complexity index is 307. The highest BCUT2D eigenvalue weighted by Crippen LogP contribution is 2.36. The molecule has 0 heterocycles. The molecule has 0 N–H and O–H groups in total. The molecule has 3 heteroatoms. The molecular weight excluding hydrogens is 207 g/mol. The molecule has 0 amide bonds. The summed E-state index contributed by atoms with van der Waals surface area (Å²) in [5.41, 5.74) is 0. The molecule has 0 aliphatic rings. The van der Waals surface area contributed by atoms with Crippen LogP contribution in [0.1, 0.15) is 20.8 Å². The van der Waals surface area contributed by atoms with Gasteiger partial charge in [-0.05, 0) is 17.3 Å². The van der Waals surface area contributed by atoms with Crippen molar-refractivity contribution in [3.8, 4) is 11.5 Å². The van der Waals surface area contributed by atoms with E-state index in [4.69, 9.17) is 9.47 Å². The molecule has 84 valence electrons. The third-order valence-corrected chi connectivity index (χ3v) is 3.42. The lowest BCUT2D eigenvalue weighted by molar-refractivity contribution is 0.400. The Morgan fingerprint density at radius 2 is 1.47 bits per heavy atom. The molecule has 0 bridgehead atoms. The maximum atomic E-state index is 5.36. The van der Waals surface area contributed by atoms with Crippen LogP contribution in [0.2, 0.25) is 0 Å². The number of hydrogen-bond donors (Lipinski definition) is 0. The standard InChI is InChI=1S/C12H19O2P/c1-12(2,3)15-11-9(13-4)7-6-8-10(11)14-5/h6-8,15H,1-5H3. The summed E-state index contributed by atoms with van der Waals surface area (Å²) in [5.74, 6) is 1.84. The predicted molar refractivity (Wildman–Crippen MR) is 67.2 cm³/mol. The van der Waals surface area contributed by atoms with Gasteiger partial charge >= 0.3 is 0 Å². The molecule has 0 spiro atoms. The van der Waals surface area contributed by atoms with Crippen LogP contribution < -0.4 is 14.8 Å². The van der Waals surface area contributed by atoms with E-state index in [1.807, 2.05) is 18.2 Å². The quantitative estimate of drug-likeness (QED) is 0.738. The molecule has 1 rings (SSSR count). The first kappa shape index (κ1) is 12.3. The zero-order valence-electron chi connectivity index (χ0n) is 10.0. The van der Waals surface area contributed by atoms with Crippen LogP contribution in [-0.2, 0) is 0 Å². The topological polar surface area (TPSA) is 18.5 Å². The van der Waals surface area contributed by atoms with Gasteiger partial charge in [-0.3, -0.25) is 0 Å². The van der Waals surface area contributed by atoms with Crippen molar-refractivity contribution < 1.29 is 9.47 Å². The normalized spacial score (nSPS) is 12.1. The Morgan fingerprint density at radius 1 is 1.00 bits per heavy atom. The van der Waals surface area contributed by atoms with Crippen molar-refractivity contribution in [3.05, 3.63) is 18.2 Å². The second-order valence-corrected chi connectivity index (χ2v) is 6.66. The summed E-state index contributed by atoms with van der Waals surface area (Å²) in [6.45, 7) is 6.66. The van der Waals surface area contributed by atoms with Crippen LogP contribution in [0.5, 0.6) is 11.5 Å². The summed E-state index contributed by atoms with van der Waals surface area (Å²) in [7, 11) is 4.07. The van der Waals surface area contributed by atoms with E-state index in [0.29, 0.717) is 8.58 Å². The molecule has 0 radical (unpaired) electrons. The van der Waals surface area contributed by atoms with E-state index in [2.05, 4.69) is 20.8 Å². The van der Waals surface area contributed by atoms with Crippen LogP contribution in [0.25, 0.3) is 0 Å². The largest absolute Gasteiger partial charge is 0.496 e. The number of hydrogen-bond acceptors (Lipinski definition) is 2. The molecule has 15 heavy (non-hydrogen) atoms. The number of ether oxygens (including phenoxy) is 2. The molecule has 1 aromatic rings. The fourth-order valence-electron chi connectivity index (χ4n) is 1.35. The van der Waals surface area contributed by atoms with E-state index in [1.54, 1.807) is 14.2 Å². The molecule has 0 aliphatic carbocycles. The van der Waals surface area contributed by atoms with Gasteiger partial charge < -0.3 is 9.47 Å². The number of benzene rings is 1. The van der Waals surface area contributed by atoms with E-state index < -0.39 is 0 Å². The SMILES string of the molecule is COc1cccc(OC)c1PC(C)(C)C. The van der Waals surface area contributed by atoms with Crippen LogP contribution in [0, 0.1) is 0 Å². The molecule has 0 saturated heterocycles. The van der Waals surface area contributed by atoms with Gasteiger partial charge in [-0.25, -0.2) is 0 Å². The second-order valence-electron chi connectivity index (χ2n) is 4.41. The zero-order chi connectivity index (χ0) is 11.5. The van der Waals surface area contributed by atoms with Crippen LogP contribution >= 0.6 is 8.58 Å². The van der Waals surface area contributed by atoms with E-state index in [9.17, 15) is 0 Å². The van der Waals surface area contributed by atoms with E-state index in [-0.39, 0.29) is 5.16 Å².